The molecule has 5 aliphatic heterocycles. The molecule has 17 nitrogen and oxygen atoms in total. The number of alkyl halides is 2. The largest absolute Gasteiger partial charge is 0.372 e. The van der Waals surface area contributed by atoms with Gasteiger partial charge >= 0.3 is 12.1 Å². The van der Waals surface area contributed by atoms with E-state index in [4.69, 9.17) is 5.73 Å². The number of rotatable bonds is 11. The number of urea groups is 2. The van der Waals surface area contributed by atoms with Crippen LogP contribution in [0.2, 0.25) is 0 Å². The van der Waals surface area contributed by atoms with Gasteiger partial charge < -0.3 is 35.6 Å². The quantitative estimate of drug-likeness (QED) is 0.256. The SMILES string of the molecule is CN1CCN([C@@H]2CCCN(c3nnc(C(N)=O)c(Nc4ccc(N5CCN(CC6CCN(c7ccc(N8CCC(=O)NC8=O)c(C(F)F)c7)CC6)CC5)c(F)c4)n3)C2)C1=O. The lowest BCUT2D eigenvalue weighted by Crippen LogP contribution is -2.50. The van der Waals surface area contributed by atoms with E-state index in [0.29, 0.717) is 75.3 Å². The van der Waals surface area contributed by atoms with Crippen molar-refractivity contribution in [3.8, 4) is 0 Å². The number of anilines is 6. The number of hydrogen-bond donors (Lipinski definition) is 3. The number of nitrogens with zero attached hydrogens (tertiary/aromatic N) is 10. The van der Waals surface area contributed by atoms with Crippen LogP contribution in [0.3, 0.4) is 0 Å². The number of piperazine rings is 1. The minimum atomic E-state index is -2.78. The molecule has 5 saturated heterocycles. The maximum Gasteiger partial charge on any atom is 0.328 e. The normalized spacial score (nSPS) is 21.0. The first-order chi connectivity index (χ1) is 28.9. The smallest absolute Gasteiger partial charge is 0.328 e. The maximum atomic E-state index is 15.7. The summed E-state index contributed by atoms with van der Waals surface area (Å²) in [4.78, 5) is 66.7. The summed E-state index contributed by atoms with van der Waals surface area (Å²) in [6, 6.07) is 8.85. The molecule has 1 aromatic heterocycles. The zero-order valence-electron chi connectivity index (χ0n) is 33.5. The number of benzene rings is 2. The Hall–Kier alpha value is -5.92. The fourth-order valence-corrected chi connectivity index (χ4v) is 8.94. The molecule has 1 atom stereocenters. The number of carbonyl (C=O) groups excluding carboxylic acids is 4. The fraction of sp³-hybridized carbons (Fsp3) is 0.525. The van der Waals surface area contributed by atoms with Crippen LogP contribution in [0.5, 0.6) is 0 Å². The van der Waals surface area contributed by atoms with Gasteiger partial charge in [0.15, 0.2) is 11.5 Å². The Morgan fingerprint density at radius 3 is 2.33 bits per heavy atom. The molecule has 0 radical (unpaired) electrons. The monoisotopic (exact) mass is 833 g/mol. The van der Waals surface area contributed by atoms with Gasteiger partial charge in [-0.3, -0.25) is 24.7 Å². The first-order valence-electron chi connectivity index (χ1n) is 20.5. The van der Waals surface area contributed by atoms with Gasteiger partial charge in [0, 0.05) is 109 Å². The van der Waals surface area contributed by atoms with Crippen LogP contribution in [-0.4, -0.2) is 145 Å². The van der Waals surface area contributed by atoms with Crippen LogP contribution in [-0.2, 0) is 4.79 Å². The Balaban J connectivity index is 0.837. The summed E-state index contributed by atoms with van der Waals surface area (Å²) in [6.45, 7) is 7.64. The number of carbonyl (C=O) groups is 4. The summed E-state index contributed by atoms with van der Waals surface area (Å²) in [5.41, 5.74) is 6.84. The second-order valence-electron chi connectivity index (χ2n) is 16.1. The first kappa shape index (κ1) is 40.8. The van der Waals surface area contributed by atoms with Crippen molar-refractivity contribution in [3.05, 3.63) is 53.5 Å². The fourth-order valence-electron chi connectivity index (χ4n) is 8.94. The highest BCUT2D eigenvalue weighted by atomic mass is 19.3. The highest BCUT2D eigenvalue weighted by Crippen LogP contribution is 2.36. The molecule has 4 N–H and O–H groups in total. The molecule has 0 unspecified atom stereocenters. The second kappa shape index (κ2) is 17.4. The molecule has 320 valence electrons. The number of imide groups is 1. The predicted octanol–water partition coefficient (Wildman–Crippen LogP) is 3.61. The molecular weight excluding hydrogens is 784 g/mol. The summed E-state index contributed by atoms with van der Waals surface area (Å²) in [7, 11) is 1.79. The molecule has 20 heteroatoms. The molecule has 60 heavy (non-hydrogen) atoms. The molecular formula is C40H50F3N13O4. The van der Waals surface area contributed by atoms with E-state index in [1.54, 1.807) is 36.2 Å². The van der Waals surface area contributed by atoms with Crippen LogP contribution in [0.1, 0.15) is 54.6 Å². The lowest BCUT2D eigenvalue weighted by atomic mass is 9.95. The van der Waals surface area contributed by atoms with Crippen molar-refractivity contribution in [1.29, 1.82) is 0 Å². The van der Waals surface area contributed by atoms with Gasteiger partial charge in [-0.05, 0) is 68.0 Å². The highest BCUT2D eigenvalue weighted by Gasteiger charge is 2.36. The van der Waals surface area contributed by atoms with E-state index in [-0.39, 0.29) is 53.7 Å². The molecule has 8 rings (SSSR count). The Morgan fingerprint density at radius 1 is 0.883 bits per heavy atom. The van der Waals surface area contributed by atoms with Gasteiger partial charge in [0.25, 0.3) is 12.3 Å². The zero-order chi connectivity index (χ0) is 42.1. The standard InChI is InChI=1S/C40H50F3N13O4/c1-50-15-20-55(40(50)60)28-3-2-11-54(24-28)38-47-37(34(36(44)58)48-49-38)45-26-4-6-32(30(41)21-26)53-18-16-51(17-19-53)23-25-8-12-52(13-9-25)27-5-7-31(29(22-27)35(42)43)56-14-10-33(57)46-39(56)59/h4-7,21-22,25,28,35H,2-3,8-20,23-24H2,1H3,(H2,44,58)(H,45,47,49)(H,46,57,59)/t28-/m1/s1. The van der Waals surface area contributed by atoms with Gasteiger partial charge in [-0.1, -0.05) is 0 Å². The van der Waals surface area contributed by atoms with Gasteiger partial charge in [-0.2, -0.15) is 4.98 Å². The third-order valence-corrected chi connectivity index (χ3v) is 12.3. The van der Waals surface area contributed by atoms with E-state index in [1.807, 2.05) is 14.7 Å². The first-order valence-corrected chi connectivity index (χ1v) is 20.5. The second-order valence-corrected chi connectivity index (χ2v) is 16.1. The minimum absolute atomic E-state index is 0.000938. The summed E-state index contributed by atoms with van der Waals surface area (Å²) < 4.78 is 44.1. The zero-order valence-corrected chi connectivity index (χ0v) is 33.5. The van der Waals surface area contributed by atoms with Gasteiger partial charge in [0.2, 0.25) is 11.9 Å². The van der Waals surface area contributed by atoms with Crippen LogP contribution < -0.4 is 36.0 Å². The maximum absolute atomic E-state index is 15.7. The van der Waals surface area contributed by atoms with Crippen LogP contribution in [0.15, 0.2) is 36.4 Å². The van der Waals surface area contributed by atoms with E-state index in [2.05, 4.69) is 35.6 Å². The van der Waals surface area contributed by atoms with Crippen LogP contribution in [0, 0.1) is 11.7 Å². The van der Waals surface area contributed by atoms with Gasteiger partial charge in [-0.25, -0.2) is 22.8 Å². The number of halogens is 3. The number of nitrogens with one attached hydrogen (secondary N) is 2. The molecule has 6 heterocycles. The molecule has 6 amide bonds. The third-order valence-electron chi connectivity index (χ3n) is 12.3. The van der Waals surface area contributed by atoms with Crippen molar-refractivity contribution in [3.63, 3.8) is 0 Å². The van der Waals surface area contributed by atoms with Crippen LogP contribution in [0.4, 0.5) is 57.3 Å². The molecule has 5 aliphatic rings. The van der Waals surface area contributed by atoms with E-state index in [0.717, 1.165) is 45.3 Å². The molecule has 0 aliphatic carbocycles. The third kappa shape index (κ3) is 8.69. The summed E-state index contributed by atoms with van der Waals surface area (Å²) >= 11 is 0. The molecule has 3 aromatic rings. The molecule has 2 aromatic carbocycles. The molecule has 0 saturated carbocycles. The number of piperidine rings is 2. The Bertz CT molecular complexity index is 2110. The minimum Gasteiger partial charge on any atom is -0.372 e. The number of hydrogen-bond acceptors (Lipinski definition) is 12. The van der Waals surface area contributed by atoms with E-state index >= 15 is 4.39 Å². The van der Waals surface area contributed by atoms with Crippen molar-refractivity contribution in [2.45, 2.75) is 44.6 Å². The van der Waals surface area contributed by atoms with Crippen molar-refractivity contribution >= 4 is 58.4 Å². The molecule has 0 spiro atoms. The summed E-state index contributed by atoms with van der Waals surface area (Å²) in [6.07, 6.45) is 0.733. The summed E-state index contributed by atoms with van der Waals surface area (Å²) in [5, 5.41) is 13.5. The Kier molecular flexibility index (Phi) is 11.8. The average Bonchev–Trinajstić information content (AvgIpc) is 3.58. The highest BCUT2D eigenvalue weighted by molar-refractivity contribution is 6.06. The van der Waals surface area contributed by atoms with E-state index in [1.165, 1.54) is 17.0 Å². The van der Waals surface area contributed by atoms with Crippen LogP contribution >= 0.6 is 0 Å². The molecule has 5 fully saturated rings. The number of likely N-dealkylation sites (N-methyl/N-ethyl adjacent to an activating group) is 1. The Morgan fingerprint density at radius 2 is 1.65 bits per heavy atom. The number of aromatic nitrogens is 3. The van der Waals surface area contributed by atoms with E-state index < -0.39 is 30.1 Å². The molecule has 0 bridgehead atoms. The van der Waals surface area contributed by atoms with Gasteiger partial charge in [-0.15, -0.1) is 10.2 Å². The Labute approximate surface area is 345 Å². The average molecular weight is 834 g/mol. The van der Waals surface area contributed by atoms with Crippen molar-refractivity contribution in [2.24, 2.45) is 11.7 Å². The predicted molar refractivity (Wildman–Crippen MR) is 218 cm³/mol. The van der Waals surface area contributed by atoms with Crippen molar-refractivity contribution < 1.29 is 32.3 Å². The van der Waals surface area contributed by atoms with Crippen molar-refractivity contribution in [1.82, 2.24) is 35.2 Å². The lowest BCUT2D eigenvalue weighted by Gasteiger charge is -2.40. The number of nitrogens with two attached hydrogens (primary N) is 1. The number of amides is 6. The van der Waals surface area contributed by atoms with Crippen molar-refractivity contribution in [2.75, 3.05) is 111 Å². The van der Waals surface area contributed by atoms with E-state index in [9.17, 15) is 28.0 Å². The topological polar surface area (TPSA) is 180 Å². The summed E-state index contributed by atoms with van der Waals surface area (Å²) in [5.74, 6) is -0.902. The van der Waals surface area contributed by atoms with Crippen LogP contribution in [0.25, 0.3) is 0 Å². The number of primary amides is 1. The lowest BCUT2D eigenvalue weighted by molar-refractivity contribution is -0.120. The van der Waals surface area contributed by atoms with Gasteiger partial charge in [0.05, 0.1) is 17.4 Å². The van der Waals surface area contributed by atoms with Gasteiger partial charge in [0.1, 0.15) is 5.82 Å².